The second-order valence-electron chi connectivity index (χ2n) is 13.7. The predicted octanol–water partition coefficient (Wildman–Crippen LogP) is 11.5. The number of aromatic nitrogens is 1. The van der Waals surface area contributed by atoms with Crippen molar-refractivity contribution in [1.82, 2.24) is 4.98 Å². The molecule has 0 radical (unpaired) electrons. The largest absolute Gasteiger partial charge is 0.339 e. The van der Waals surface area contributed by atoms with Gasteiger partial charge in [-0.15, -0.1) is 20.5 Å². The van der Waals surface area contributed by atoms with Crippen molar-refractivity contribution in [1.29, 1.82) is 10.5 Å². The lowest BCUT2D eigenvalue weighted by atomic mass is 10.0. The molecule has 0 bridgehead atoms. The Kier molecular flexibility index (Phi) is 13.0. The number of hydrogen-bond donors (Lipinski definition) is 5. The zero-order chi connectivity index (χ0) is 46.8. The average Bonchev–Trinajstić information content (AvgIpc) is 3.60. The zero-order valence-corrected chi connectivity index (χ0v) is 38.0. The summed E-state index contributed by atoms with van der Waals surface area (Å²) in [6, 6.07) is 29.5. The van der Waals surface area contributed by atoms with Crippen LogP contribution in [0.4, 0.5) is 50.1 Å². The highest BCUT2D eigenvalue weighted by molar-refractivity contribution is 7.92. The summed E-state index contributed by atoms with van der Waals surface area (Å²) < 4.78 is 94.1. The fourth-order valence-corrected chi connectivity index (χ4v) is 9.59. The fourth-order valence-electron chi connectivity index (χ4n) is 6.27. The van der Waals surface area contributed by atoms with E-state index in [1.807, 2.05) is 0 Å². The SMILES string of the molecule is Cc1c(C#N)c(Nc2ccc(Cl)c(S(=O)(=O)O)c2)nc(Nc2ccc(Cl)cc2)c1N=Nc1sc(N=Nc2ccc3cccc(S(=O)(=O)O)c3c2)c(-c2ccc(NS(C)(=O)=O)cc2)c1C#N. The highest BCUT2D eigenvalue weighted by atomic mass is 35.5. The quantitative estimate of drug-likeness (QED) is 0.0531. The van der Waals surface area contributed by atoms with Crippen LogP contribution in [0.2, 0.25) is 10.0 Å². The molecule has 0 saturated carbocycles. The van der Waals surface area contributed by atoms with E-state index >= 15 is 0 Å². The normalized spacial score (nSPS) is 12.1. The van der Waals surface area contributed by atoms with Crippen molar-refractivity contribution in [3.05, 3.63) is 130 Å². The molecule has 18 nitrogen and oxygen atoms in total. The second kappa shape index (κ2) is 18.3. The van der Waals surface area contributed by atoms with Crippen LogP contribution in [-0.2, 0) is 30.3 Å². The molecule has 0 saturated heterocycles. The van der Waals surface area contributed by atoms with Crippen molar-refractivity contribution in [2.45, 2.75) is 16.7 Å². The van der Waals surface area contributed by atoms with Crippen molar-refractivity contribution < 1.29 is 34.4 Å². The zero-order valence-electron chi connectivity index (χ0n) is 33.2. The lowest BCUT2D eigenvalue weighted by molar-refractivity contribution is 0.481. The summed E-state index contributed by atoms with van der Waals surface area (Å²) >= 11 is 13.1. The Labute approximate surface area is 385 Å². The summed E-state index contributed by atoms with van der Waals surface area (Å²) in [5, 5.41) is 45.8. The van der Waals surface area contributed by atoms with Crippen LogP contribution in [0.3, 0.4) is 0 Å². The number of azo groups is 2. The van der Waals surface area contributed by atoms with Gasteiger partial charge in [0, 0.05) is 38.6 Å². The molecule has 0 atom stereocenters. The van der Waals surface area contributed by atoms with Gasteiger partial charge in [0.1, 0.15) is 38.2 Å². The first-order valence-electron chi connectivity index (χ1n) is 18.2. The van der Waals surface area contributed by atoms with Crippen molar-refractivity contribution in [2.75, 3.05) is 21.6 Å². The van der Waals surface area contributed by atoms with Gasteiger partial charge in [-0.05, 0) is 90.7 Å². The summed E-state index contributed by atoms with van der Waals surface area (Å²) in [7, 11) is -13.0. The van der Waals surface area contributed by atoms with Crippen LogP contribution in [0.15, 0.2) is 133 Å². The van der Waals surface area contributed by atoms with Gasteiger partial charge in [-0.25, -0.2) is 13.4 Å². The minimum Gasteiger partial charge on any atom is -0.339 e. The predicted molar refractivity (Wildman–Crippen MR) is 248 cm³/mol. The number of nitriles is 2. The molecule has 5 aromatic carbocycles. The lowest BCUT2D eigenvalue weighted by Gasteiger charge is -2.16. The van der Waals surface area contributed by atoms with Gasteiger partial charge in [0.2, 0.25) is 10.0 Å². The Morgan fingerprint density at radius 1 is 0.677 bits per heavy atom. The van der Waals surface area contributed by atoms with E-state index in [4.69, 9.17) is 23.2 Å². The molecule has 24 heteroatoms. The number of nitrogens with zero attached hydrogens (tertiary/aromatic N) is 7. The van der Waals surface area contributed by atoms with Gasteiger partial charge < -0.3 is 10.6 Å². The molecule has 0 spiro atoms. The summed E-state index contributed by atoms with van der Waals surface area (Å²) in [5.41, 5.74) is 1.88. The number of thiophene rings is 1. The fraction of sp³-hybridized carbons (Fsp3) is 0.0488. The van der Waals surface area contributed by atoms with Crippen molar-refractivity contribution >= 4 is 126 Å². The first-order chi connectivity index (χ1) is 30.7. The molecule has 65 heavy (non-hydrogen) atoms. The molecule has 0 fully saturated rings. The standard InChI is InChI=1S/C41H28Cl2N10O8S4/c1-22-31(20-44)38(47-28-16-17-33(43)35(19-28)65(59,60)61)48-39(46-26-14-9-25(42)10-15-26)37(22)50-51-40-32(21-45)36(24-7-11-27(12-8-24)53-63(2,54)55)41(62-40)52-49-29-13-6-23-4-3-5-34(30(23)18-29)64(56,57)58/h3-19,53H,1-2H3,(H2,46,47,48)(H,56,57,58)(H,59,60,61). The van der Waals surface area contributed by atoms with E-state index in [1.54, 1.807) is 61.5 Å². The van der Waals surface area contributed by atoms with Gasteiger partial charge in [0.25, 0.3) is 20.2 Å². The van der Waals surface area contributed by atoms with Gasteiger partial charge in [0.15, 0.2) is 16.6 Å². The Hall–Kier alpha value is -6.86. The van der Waals surface area contributed by atoms with E-state index in [0.717, 1.165) is 23.7 Å². The van der Waals surface area contributed by atoms with E-state index < -0.39 is 35.2 Å². The number of pyridine rings is 1. The molecule has 0 aliphatic rings. The van der Waals surface area contributed by atoms with E-state index in [-0.39, 0.29) is 81.9 Å². The van der Waals surface area contributed by atoms with Gasteiger partial charge in [0.05, 0.1) is 22.5 Å². The minimum atomic E-state index is -4.73. The maximum absolute atomic E-state index is 12.2. The Balaban J connectivity index is 1.37. The van der Waals surface area contributed by atoms with Gasteiger partial charge in [-0.2, -0.15) is 27.4 Å². The van der Waals surface area contributed by atoms with E-state index in [0.29, 0.717) is 21.7 Å². The molecule has 0 amide bonds. The summed E-state index contributed by atoms with van der Waals surface area (Å²) in [5.74, 6) is -0.00201. The van der Waals surface area contributed by atoms with Gasteiger partial charge in [-0.3, -0.25) is 13.8 Å². The number of sulfonamides is 1. The van der Waals surface area contributed by atoms with Crippen LogP contribution < -0.4 is 15.4 Å². The van der Waals surface area contributed by atoms with Crippen LogP contribution in [0.1, 0.15) is 16.7 Å². The highest BCUT2D eigenvalue weighted by Crippen LogP contribution is 2.49. The number of benzene rings is 5. The number of rotatable bonds is 13. The third-order valence-electron chi connectivity index (χ3n) is 9.17. The molecule has 2 heterocycles. The number of nitrogens with one attached hydrogen (secondary N) is 3. The smallest absolute Gasteiger partial charge is 0.296 e. The van der Waals surface area contributed by atoms with E-state index in [9.17, 15) is 44.9 Å². The maximum Gasteiger partial charge on any atom is 0.296 e. The highest BCUT2D eigenvalue weighted by Gasteiger charge is 2.24. The summed E-state index contributed by atoms with van der Waals surface area (Å²) in [6.07, 6.45) is 0.994. The second-order valence-corrected chi connectivity index (χ2v) is 20.1. The molecular weight excluding hydrogens is 960 g/mol. The molecule has 2 aromatic heterocycles. The molecule has 7 aromatic rings. The van der Waals surface area contributed by atoms with E-state index in [2.05, 4.69) is 52.9 Å². The van der Waals surface area contributed by atoms with Crippen molar-refractivity contribution in [2.24, 2.45) is 20.5 Å². The third-order valence-corrected chi connectivity index (χ3v) is 13.2. The molecule has 0 aliphatic carbocycles. The molecular formula is C41H28Cl2N10O8S4. The number of anilines is 5. The Morgan fingerprint density at radius 2 is 1.31 bits per heavy atom. The minimum absolute atomic E-state index is 0.0160. The van der Waals surface area contributed by atoms with Crippen LogP contribution in [0.25, 0.3) is 21.9 Å². The number of fused-ring (bicyclic) bond motifs is 1. The molecule has 5 N–H and O–H groups in total. The van der Waals surface area contributed by atoms with Crippen LogP contribution in [-0.4, -0.2) is 45.6 Å². The number of hydrogen-bond acceptors (Lipinski definition) is 16. The monoisotopic (exact) mass is 986 g/mol. The average molecular weight is 988 g/mol. The Morgan fingerprint density at radius 3 is 1.95 bits per heavy atom. The lowest BCUT2D eigenvalue weighted by Crippen LogP contribution is -2.09. The maximum atomic E-state index is 12.2. The third kappa shape index (κ3) is 10.6. The summed E-state index contributed by atoms with van der Waals surface area (Å²) in [4.78, 5) is 3.70. The van der Waals surface area contributed by atoms with Crippen molar-refractivity contribution in [3.63, 3.8) is 0 Å². The van der Waals surface area contributed by atoms with Gasteiger partial charge >= 0.3 is 0 Å². The topological polar surface area (TPSA) is 289 Å². The first-order valence-corrected chi connectivity index (χ1v) is 24.6. The number of halogens is 2. The van der Waals surface area contributed by atoms with Crippen molar-refractivity contribution in [3.8, 4) is 23.3 Å². The molecule has 7 rings (SSSR count). The summed E-state index contributed by atoms with van der Waals surface area (Å²) in [6.45, 7) is 1.56. The van der Waals surface area contributed by atoms with Crippen LogP contribution in [0, 0.1) is 29.6 Å². The molecule has 328 valence electrons. The van der Waals surface area contributed by atoms with E-state index in [1.165, 1.54) is 42.5 Å². The molecule has 0 unspecified atom stereocenters. The Bertz CT molecular complexity index is 3560. The van der Waals surface area contributed by atoms with Crippen LogP contribution in [0.5, 0.6) is 0 Å². The van der Waals surface area contributed by atoms with Crippen LogP contribution >= 0.6 is 34.5 Å². The first kappa shape index (κ1) is 46.1. The molecule has 0 aliphatic heterocycles. The van der Waals surface area contributed by atoms with Gasteiger partial charge in [-0.1, -0.05) is 64.9 Å².